The van der Waals surface area contributed by atoms with Crippen molar-refractivity contribution in [1.82, 2.24) is 5.32 Å². The molecule has 1 N–H and O–H groups in total. The van der Waals surface area contributed by atoms with E-state index in [4.69, 9.17) is 9.47 Å². The van der Waals surface area contributed by atoms with Gasteiger partial charge in [0, 0.05) is 0 Å². The fourth-order valence-corrected chi connectivity index (χ4v) is 2.06. The summed E-state index contributed by atoms with van der Waals surface area (Å²) >= 11 is 0. The second-order valence-corrected chi connectivity index (χ2v) is 4.53. The minimum Gasteiger partial charge on any atom is -0.497 e. The maximum absolute atomic E-state index is 5.75. The molecule has 1 aromatic carbocycles. The number of ether oxygens (including phenoxy) is 2. The number of rotatable bonds is 9. The normalized spacial score (nSPS) is 12.2. The highest BCUT2D eigenvalue weighted by Crippen LogP contribution is 2.18. The zero-order valence-electron chi connectivity index (χ0n) is 11.7. The summed E-state index contributed by atoms with van der Waals surface area (Å²) in [6.45, 7) is 4.07. The predicted molar refractivity (Wildman–Crippen MR) is 75.4 cm³/mol. The molecule has 0 fully saturated rings. The Hall–Kier alpha value is -1.22. The second kappa shape index (κ2) is 8.81. The molecular formula is C15H25NO2. The van der Waals surface area contributed by atoms with E-state index in [1.165, 1.54) is 12.8 Å². The second-order valence-electron chi connectivity index (χ2n) is 4.53. The van der Waals surface area contributed by atoms with Crippen LogP contribution in [0.3, 0.4) is 0 Å². The van der Waals surface area contributed by atoms with Crippen LogP contribution in [0.4, 0.5) is 0 Å². The molecule has 18 heavy (non-hydrogen) atoms. The molecule has 1 unspecified atom stereocenters. The molecular weight excluding hydrogens is 226 g/mol. The van der Waals surface area contributed by atoms with Crippen LogP contribution in [-0.4, -0.2) is 27.3 Å². The third kappa shape index (κ3) is 5.41. The van der Waals surface area contributed by atoms with Gasteiger partial charge in [-0.15, -0.1) is 0 Å². The molecule has 0 aliphatic heterocycles. The third-order valence-electron chi connectivity index (χ3n) is 3.04. The highest BCUT2D eigenvalue weighted by atomic mass is 16.5. The largest absolute Gasteiger partial charge is 0.497 e. The van der Waals surface area contributed by atoms with E-state index in [1.54, 1.807) is 7.11 Å². The summed E-state index contributed by atoms with van der Waals surface area (Å²) in [7, 11) is 3.68. The summed E-state index contributed by atoms with van der Waals surface area (Å²) in [6.07, 6.45) is 3.59. The quantitative estimate of drug-likeness (QED) is 0.731. The van der Waals surface area contributed by atoms with Gasteiger partial charge in [0.15, 0.2) is 0 Å². The van der Waals surface area contributed by atoms with Crippen molar-refractivity contribution in [1.29, 1.82) is 0 Å². The Kier molecular flexibility index (Phi) is 7.26. The lowest BCUT2D eigenvalue weighted by Crippen LogP contribution is -2.20. The summed E-state index contributed by atoms with van der Waals surface area (Å²) in [5.41, 5.74) is 0. The Balaban J connectivity index is 2.30. The minimum atomic E-state index is 0.707. The molecule has 0 aliphatic rings. The van der Waals surface area contributed by atoms with Crippen molar-refractivity contribution in [2.45, 2.75) is 26.2 Å². The van der Waals surface area contributed by atoms with Crippen LogP contribution in [-0.2, 0) is 0 Å². The highest BCUT2D eigenvalue weighted by Gasteiger charge is 2.06. The van der Waals surface area contributed by atoms with Gasteiger partial charge in [-0.05, 0) is 56.6 Å². The van der Waals surface area contributed by atoms with Gasteiger partial charge in [0.25, 0.3) is 0 Å². The highest BCUT2D eigenvalue weighted by molar-refractivity contribution is 5.31. The molecule has 0 saturated carbocycles. The van der Waals surface area contributed by atoms with Gasteiger partial charge in [0.1, 0.15) is 11.5 Å². The first kappa shape index (κ1) is 14.8. The summed E-state index contributed by atoms with van der Waals surface area (Å²) in [5, 5.41) is 3.24. The number of nitrogens with one attached hydrogen (secondary N) is 1. The number of hydrogen-bond donors (Lipinski definition) is 1. The minimum absolute atomic E-state index is 0.707. The van der Waals surface area contributed by atoms with Crippen LogP contribution in [0.2, 0.25) is 0 Å². The van der Waals surface area contributed by atoms with Gasteiger partial charge in [0.2, 0.25) is 0 Å². The number of benzene rings is 1. The van der Waals surface area contributed by atoms with Gasteiger partial charge < -0.3 is 14.8 Å². The van der Waals surface area contributed by atoms with Gasteiger partial charge in [-0.1, -0.05) is 13.3 Å². The Morgan fingerprint density at radius 2 is 1.78 bits per heavy atom. The van der Waals surface area contributed by atoms with Crippen molar-refractivity contribution in [3.05, 3.63) is 24.3 Å². The molecule has 0 heterocycles. The molecule has 1 atom stereocenters. The van der Waals surface area contributed by atoms with Crippen molar-refractivity contribution in [3.63, 3.8) is 0 Å². The Morgan fingerprint density at radius 3 is 2.33 bits per heavy atom. The molecule has 102 valence electrons. The van der Waals surface area contributed by atoms with E-state index in [2.05, 4.69) is 12.2 Å². The van der Waals surface area contributed by atoms with Crippen LogP contribution in [0, 0.1) is 5.92 Å². The summed E-state index contributed by atoms with van der Waals surface area (Å²) in [4.78, 5) is 0. The van der Waals surface area contributed by atoms with Gasteiger partial charge >= 0.3 is 0 Å². The maximum atomic E-state index is 5.75. The predicted octanol–water partition coefficient (Wildman–Crippen LogP) is 3.10. The van der Waals surface area contributed by atoms with Crippen LogP contribution in [0.1, 0.15) is 26.2 Å². The number of methoxy groups -OCH3 is 1. The molecule has 0 aromatic heterocycles. The molecule has 3 heteroatoms. The first-order valence-electron chi connectivity index (χ1n) is 6.71. The fourth-order valence-electron chi connectivity index (χ4n) is 2.06. The van der Waals surface area contributed by atoms with Crippen LogP contribution in [0.15, 0.2) is 24.3 Å². The zero-order chi connectivity index (χ0) is 13.2. The monoisotopic (exact) mass is 251 g/mol. The summed E-state index contributed by atoms with van der Waals surface area (Å²) in [6, 6.07) is 7.75. The smallest absolute Gasteiger partial charge is 0.119 e. The van der Waals surface area contributed by atoms with Crippen molar-refractivity contribution >= 4 is 0 Å². The molecule has 1 rings (SSSR count). The van der Waals surface area contributed by atoms with E-state index in [-0.39, 0.29) is 0 Å². The zero-order valence-corrected chi connectivity index (χ0v) is 11.7. The van der Waals surface area contributed by atoms with Crippen molar-refractivity contribution in [2.24, 2.45) is 5.92 Å². The standard InChI is InChI=1S/C15H25NO2/c1-4-5-13(12-16-2)10-11-18-15-8-6-14(17-3)7-9-15/h6-9,13,16H,4-5,10-12H2,1-3H3. The van der Waals surface area contributed by atoms with E-state index in [9.17, 15) is 0 Å². The fraction of sp³-hybridized carbons (Fsp3) is 0.600. The summed E-state index contributed by atoms with van der Waals surface area (Å²) in [5.74, 6) is 2.48. The Bertz CT molecular complexity index is 305. The SMILES string of the molecule is CCCC(CCOc1ccc(OC)cc1)CNC. The molecule has 0 amide bonds. The summed E-state index contributed by atoms with van der Waals surface area (Å²) < 4.78 is 10.9. The van der Waals surface area contributed by atoms with Crippen LogP contribution < -0.4 is 14.8 Å². The molecule has 0 saturated heterocycles. The van der Waals surface area contributed by atoms with Gasteiger partial charge in [-0.25, -0.2) is 0 Å². The molecule has 0 spiro atoms. The Morgan fingerprint density at radius 1 is 1.11 bits per heavy atom. The lowest BCUT2D eigenvalue weighted by atomic mass is 10.0. The molecule has 1 aromatic rings. The van der Waals surface area contributed by atoms with Crippen molar-refractivity contribution in [2.75, 3.05) is 27.3 Å². The first-order chi connectivity index (χ1) is 8.80. The maximum Gasteiger partial charge on any atom is 0.119 e. The number of hydrogen-bond acceptors (Lipinski definition) is 3. The third-order valence-corrected chi connectivity index (χ3v) is 3.04. The van der Waals surface area contributed by atoms with E-state index < -0.39 is 0 Å². The van der Waals surface area contributed by atoms with Crippen LogP contribution in [0.25, 0.3) is 0 Å². The van der Waals surface area contributed by atoms with Crippen LogP contribution >= 0.6 is 0 Å². The van der Waals surface area contributed by atoms with Gasteiger partial charge in [-0.3, -0.25) is 0 Å². The topological polar surface area (TPSA) is 30.5 Å². The van der Waals surface area contributed by atoms with E-state index in [1.807, 2.05) is 31.3 Å². The molecule has 0 bridgehead atoms. The lowest BCUT2D eigenvalue weighted by molar-refractivity contribution is 0.269. The van der Waals surface area contributed by atoms with E-state index in [0.717, 1.165) is 31.1 Å². The molecule has 3 nitrogen and oxygen atoms in total. The van der Waals surface area contributed by atoms with Crippen LogP contribution in [0.5, 0.6) is 11.5 Å². The van der Waals surface area contributed by atoms with Gasteiger partial charge in [0.05, 0.1) is 13.7 Å². The van der Waals surface area contributed by atoms with E-state index >= 15 is 0 Å². The average molecular weight is 251 g/mol. The lowest BCUT2D eigenvalue weighted by Gasteiger charge is -2.16. The van der Waals surface area contributed by atoms with Crippen molar-refractivity contribution < 1.29 is 9.47 Å². The van der Waals surface area contributed by atoms with Gasteiger partial charge in [-0.2, -0.15) is 0 Å². The van der Waals surface area contributed by atoms with E-state index in [0.29, 0.717) is 5.92 Å². The Labute approximate surface area is 110 Å². The molecule has 0 aliphatic carbocycles. The average Bonchev–Trinajstić information content (AvgIpc) is 2.40. The first-order valence-corrected chi connectivity index (χ1v) is 6.71. The van der Waals surface area contributed by atoms with Crippen molar-refractivity contribution in [3.8, 4) is 11.5 Å². The molecule has 0 radical (unpaired) electrons.